The van der Waals surface area contributed by atoms with E-state index in [0.717, 1.165) is 0 Å². The van der Waals surface area contributed by atoms with E-state index in [0.29, 0.717) is 79.7 Å². The lowest BCUT2D eigenvalue weighted by molar-refractivity contribution is -0.117. The van der Waals surface area contributed by atoms with Gasteiger partial charge < -0.3 is 66.7 Å². The van der Waals surface area contributed by atoms with Gasteiger partial charge in [-0.05, 0) is 108 Å². The first-order valence-electron chi connectivity index (χ1n) is 25.0. The molecule has 0 amide bonds. The topological polar surface area (TPSA) is 392 Å². The highest BCUT2D eigenvalue weighted by atomic mass is 35.5. The van der Waals surface area contributed by atoms with E-state index in [1.807, 2.05) is 0 Å². The Morgan fingerprint density at radius 2 is 0.767 bits per heavy atom. The first kappa shape index (κ1) is 74.7. The lowest BCUT2D eigenvalue weighted by Crippen LogP contribution is -2.16. The Labute approximate surface area is 526 Å². The second kappa shape index (κ2) is 32.6. The van der Waals surface area contributed by atoms with Gasteiger partial charge in [0.05, 0.1) is 70.5 Å². The van der Waals surface area contributed by atoms with E-state index in [1.54, 1.807) is 78.9 Å². The number of anilines is 3. The Morgan fingerprint density at radius 3 is 1.02 bits per heavy atom. The Kier molecular flexibility index (Phi) is 27.0. The van der Waals surface area contributed by atoms with Gasteiger partial charge in [0.2, 0.25) is 0 Å². The minimum absolute atomic E-state index is 0. The fourth-order valence-corrected chi connectivity index (χ4v) is 12.5. The normalized spacial score (nSPS) is 10.7. The average Bonchev–Trinajstić information content (AvgIpc) is 1.16. The van der Waals surface area contributed by atoms with Crippen molar-refractivity contribution < 1.29 is 86.2 Å². The van der Waals surface area contributed by atoms with Gasteiger partial charge in [0.25, 0.3) is 30.1 Å². The Hall–Kier alpha value is -9.59. The molecule has 0 aliphatic heterocycles. The monoisotopic (exact) mass is 1330 g/mol. The van der Waals surface area contributed by atoms with Gasteiger partial charge in [-0.3, -0.25) is 14.2 Å². The highest BCUT2D eigenvalue weighted by Gasteiger charge is 2.32. The molecule has 9 aromatic rings. The Balaban J connectivity index is 0.000000345. The van der Waals surface area contributed by atoms with Gasteiger partial charge >= 0.3 is 0 Å². The van der Waals surface area contributed by atoms with E-state index in [2.05, 4.69) is 39.7 Å². The highest BCUT2D eigenvalue weighted by Crippen LogP contribution is 2.42. The third-order valence-corrected chi connectivity index (χ3v) is 16.6. The van der Waals surface area contributed by atoms with Crippen LogP contribution in [0.25, 0.3) is 43.4 Å². The van der Waals surface area contributed by atoms with E-state index in [-0.39, 0.29) is 120 Å². The van der Waals surface area contributed by atoms with Crippen LogP contribution in [0.2, 0.25) is 0 Å². The number of ether oxygens (including phenoxy) is 9. The first-order valence-corrected chi connectivity index (χ1v) is 29.5. The summed E-state index contributed by atoms with van der Waals surface area (Å²) in [5.41, 5.74) is 17.1. The van der Waals surface area contributed by atoms with Crippen molar-refractivity contribution in [1.29, 1.82) is 0 Å². The van der Waals surface area contributed by atoms with Gasteiger partial charge in [0, 0.05) is 17.9 Å². The molecule has 0 aliphatic carbocycles. The number of hydrogen-bond acceptors (Lipinski definition) is 24. The third kappa shape index (κ3) is 16.4. The molecule has 33 heteroatoms. The van der Waals surface area contributed by atoms with Crippen LogP contribution in [-0.2, 0) is 54.4 Å². The van der Waals surface area contributed by atoms with Crippen molar-refractivity contribution in [1.82, 2.24) is 15.5 Å². The summed E-state index contributed by atoms with van der Waals surface area (Å²) in [5.74, 6) is 1.57. The number of carbonyl (C=O) groups excluding carboxylic acids is 1. The van der Waals surface area contributed by atoms with Crippen LogP contribution >= 0.6 is 12.4 Å². The van der Waals surface area contributed by atoms with Gasteiger partial charge in [0.15, 0.2) is 48.9 Å². The summed E-state index contributed by atoms with van der Waals surface area (Å²) in [4.78, 5) is 13.4. The van der Waals surface area contributed by atoms with Gasteiger partial charge in [-0.25, -0.2) is 25.3 Å². The standard InChI is InChI=1S/C20H22N2O7S.C17H17N5O6S.C17H19N3O6S.3CH4.ClH/c1-12(23)8-9-13-10-16(27-3)19(17(11-13)28-4)30(24,25)22-20-18-14(26-2)6-5-7-15(18)29-21-20;1-25-11-5-4-6-12-15(11)17(20-28-12)21-29(23,24)16-13(26-2)7-10(9-19-22-18)8-14(16)27-3;1-23-11-5-4-6-12-15(11)17(19-26-12)20-27(21,22)16-13(24-2)7-10(9-18)8-14(16)25-3;;;;/h5-7,10-11H,8-9H2,1-4H3,(H,21,22);4-8H,9H2,1-3H3,(H,20,21);4-8H,9,18H2,1-3H3,(H,19,20);3*1H4;1H. The average molecular weight is 1330 g/mol. The van der Waals surface area contributed by atoms with Crippen molar-refractivity contribution >= 4 is 98.6 Å². The number of halogens is 1. The SMILES string of the molecule is C.C.C.COc1cc(CCC(C)=O)cc(OC)c1S(=O)(=O)Nc1noc2cccc(OC)c12.COc1cc(CN)cc(OC)c1S(=O)(=O)Nc1noc2cccc(OC)c12.COc1cc(CN=[N+]=[N-])cc(OC)c1S(=O)(=O)Nc1noc2cccc(OC)c12.Cl. The molecule has 488 valence electrons. The maximum Gasteiger partial charge on any atom is 0.270 e. The van der Waals surface area contributed by atoms with E-state index < -0.39 is 30.1 Å². The molecule has 29 nitrogen and oxygen atoms in total. The van der Waals surface area contributed by atoms with Crippen molar-refractivity contribution in [3.05, 3.63) is 118 Å². The van der Waals surface area contributed by atoms with Crippen LogP contribution in [0.1, 0.15) is 52.3 Å². The predicted molar refractivity (Wildman–Crippen MR) is 340 cm³/mol. The lowest BCUT2D eigenvalue weighted by Gasteiger charge is -2.16. The number of Topliss-reactive ketones (excluding diaryl/α,β-unsaturated/α-hetero) is 1. The smallest absolute Gasteiger partial charge is 0.270 e. The molecule has 0 saturated carbocycles. The second-order valence-electron chi connectivity index (χ2n) is 17.7. The Morgan fingerprint density at radius 1 is 0.489 bits per heavy atom. The molecule has 3 heterocycles. The molecule has 6 aromatic carbocycles. The maximum atomic E-state index is 13.2. The third-order valence-electron chi connectivity index (χ3n) is 12.4. The van der Waals surface area contributed by atoms with Crippen molar-refractivity contribution in [2.24, 2.45) is 10.8 Å². The molecular formula is C57H71ClN10O19S3. The van der Waals surface area contributed by atoms with Crippen LogP contribution in [-0.4, -0.2) is 110 Å². The van der Waals surface area contributed by atoms with Crippen LogP contribution in [0.5, 0.6) is 51.7 Å². The number of ketones is 1. The largest absolute Gasteiger partial charge is 0.496 e. The molecular weight excluding hydrogens is 1260 g/mol. The molecule has 3 aromatic heterocycles. The molecule has 0 unspecified atom stereocenters. The van der Waals surface area contributed by atoms with Crippen LogP contribution in [0.15, 0.2) is 124 Å². The molecule has 0 radical (unpaired) electrons. The van der Waals surface area contributed by atoms with Crippen LogP contribution in [0, 0.1) is 0 Å². The maximum absolute atomic E-state index is 13.2. The fraction of sp³-hybridized carbons (Fsp3) is 0.298. The number of carbonyl (C=O) groups is 1. The minimum Gasteiger partial charge on any atom is -0.496 e. The molecule has 0 atom stereocenters. The number of nitrogens with zero attached hydrogens (tertiary/aromatic N) is 6. The summed E-state index contributed by atoms with van der Waals surface area (Å²) in [6.45, 7) is 1.70. The number of hydrogen-bond donors (Lipinski definition) is 4. The summed E-state index contributed by atoms with van der Waals surface area (Å²) in [6, 6.07) is 24.2. The number of nitrogens with one attached hydrogen (secondary N) is 3. The quantitative estimate of drug-likeness (QED) is 0.0248. The zero-order valence-corrected chi connectivity index (χ0v) is 51.4. The van der Waals surface area contributed by atoms with Gasteiger partial charge in [-0.15, -0.1) is 12.4 Å². The molecule has 0 spiro atoms. The summed E-state index contributed by atoms with van der Waals surface area (Å²) in [5, 5.41) is 16.1. The highest BCUT2D eigenvalue weighted by molar-refractivity contribution is 7.93. The van der Waals surface area contributed by atoms with E-state index >= 15 is 0 Å². The number of sulfonamides is 3. The Bertz CT molecular complexity index is 4270. The predicted octanol–water partition coefficient (Wildman–Crippen LogP) is 11.1. The van der Waals surface area contributed by atoms with Crippen molar-refractivity contribution in [3.63, 3.8) is 0 Å². The second-order valence-corrected chi connectivity index (χ2v) is 22.6. The number of aryl methyl sites for hydroxylation is 1. The molecule has 0 bridgehead atoms. The van der Waals surface area contributed by atoms with Gasteiger partial charge in [-0.2, -0.15) is 0 Å². The van der Waals surface area contributed by atoms with E-state index in [4.69, 9.17) is 67.5 Å². The number of aromatic nitrogens is 3. The van der Waals surface area contributed by atoms with Crippen molar-refractivity contribution in [2.45, 2.75) is 69.8 Å². The molecule has 0 aliphatic rings. The first-order chi connectivity index (χ1) is 41.2. The number of nitrogens with two attached hydrogens (primary N) is 1. The zero-order chi connectivity index (χ0) is 62.5. The number of fused-ring (bicyclic) bond motifs is 3. The van der Waals surface area contributed by atoms with Crippen LogP contribution in [0.3, 0.4) is 0 Å². The molecule has 0 fully saturated rings. The molecule has 9 rings (SSSR count). The molecule has 0 saturated heterocycles. The van der Waals surface area contributed by atoms with Crippen LogP contribution in [0.4, 0.5) is 17.5 Å². The summed E-state index contributed by atoms with van der Waals surface area (Å²) >= 11 is 0. The van der Waals surface area contributed by atoms with Crippen molar-refractivity contribution in [2.75, 3.05) is 78.2 Å². The number of methoxy groups -OCH3 is 9. The summed E-state index contributed by atoms with van der Waals surface area (Å²) in [6.07, 6.45) is 0.752. The van der Waals surface area contributed by atoms with Gasteiger partial charge in [0.1, 0.15) is 73.7 Å². The van der Waals surface area contributed by atoms with Crippen molar-refractivity contribution in [3.8, 4) is 51.7 Å². The number of azide groups is 1. The number of benzene rings is 6. The molecule has 90 heavy (non-hydrogen) atoms. The van der Waals surface area contributed by atoms with Gasteiger partial charge in [-0.1, -0.05) is 61.1 Å². The summed E-state index contributed by atoms with van der Waals surface area (Å²) < 4.78 is 149. The molecule has 5 N–H and O–H groups in total. The number of rotatable bonds is 24. The lowest BCUT2D eigenvalue weighted by atomic mass is 10.1. The van der Waals surface area contributed by atoms with E-state index in [9.17, 15) is 30.0 Å². The minimum atomic E-state index is -4.20. The van der Waals surface area contributed by atoms with E-state index in [1.165, 1.54) is 83.0 Å². The fourth-order valence-electron chi connectivity index (χ4n) is 8.52. The summed E-state index contributed by atoms with van der Waals surface area (Å²) in [7, 11) is -0.0422. The van der Waals surface area contributed by atoms with Crippen LogP contribution < -0.4 is 62.5 Å². The zero-order valence-electron chi connectivity index (χ0n) is 48.1.